The van der Waals surface area contributed by atoms with Gasteiger partial charge in [-0.1, -0.05) is 0 Å². The van der Waals surface area contributed by atoms with E-state index in [0.717, 1.165) is 13.0 Å². The van der Waals surface area contributed by atoms with E-state index in [1.54, 1.807) is 0 Å². The van der Waals surface area contributed by atoms with E-state index in [-0.39, 0.29) is 11.8 Å². The number of rotatable bonds is 0. The average Bonchev–Trinajstić information content (AvgIpc) is 2.10. The Bertz CT molecular complexity index is 203. The van der Waals surface area contributed by atoms with E-state index < -0.39 is 0 Å². The normalized spacial score (nSPS) is 20.8. The van der Waals surface area contributed by atoms with Crippen LogP contribution in [-0.4, -0.2) is 48.3 Å². The van der Waals surface area contributed by atoms with E-state index in [1.165, 1.54) is 11.8 Å². The molecule has 2 amide bonds. The van der Waals surface area contributed by atoms with Gasteiger partial charge in [0.25, 0.3) is 0 Å². The third kappa shape index (κ3) is 2.04. The van der Waals surface area contributed by atoms with Gasteiger partial charge in [0.1, 0.15) is 0 Å². The van der Waals surface area contributed by atoms with Gasteiger partial charge >= 0.3 is 0 Å². The lowest BCUT2D eigenvalue weighted by Gasteiger charge is -2.15. The lowest BCUT2D eigenvalue weighted by Crippen LogP contribution is -2.38. The first kappa shape index (κ1) is 9.19. The number of nitrogens with zero attached hydrogens (tertiary/aromatic N) is 2. The predicted molar refractivity (Wildman–Crippen MR) is 44.5 cm³/mol. The quantitative estimate of drug-likeness (QED) is 0.501. The molecule has 0 aromatic heterocycles. The summed E-state index contributed by atoms with van der Waals surface area (Å²) < 4.78 is 0. The van der Waals surface area contributed by atoms with Crippen LogP contribution in [0.1, 0.15) is 13.3 Å². The van der Waals surface area contributed by atoms with Crippen LogP contribution in [0.15, 0.2) is 0 Å². The van der Waals surface area contributed by atoms with Crippen molar-refractivity contribution < 1.29 is 9.59 Å². The molecule has 0 bridgehead atoms. The molecule has 0 unspecified atom stereocenters. The lowest BCUT2D eigenvalue weighted by atomic mass is 10.4. The molecule has 1 rings (SSSR count). The van der Waals surface area contributed by atoms with Crippen molar-refractivity contribution in [3.05, 3.63) is 0 Å². The van der Waals surface area contributed by atoms with E-state index in [4.69, 9.17) is 0 Å². The molecule has 0 atom stereocenters. The zero-order chi connectivity index (χ0) is 9.14. The van der Waals surface area contributed by atoms with Crippen molar-refractivity contribution in [3.8, 4) is 0 Å². The standard InChI is InChI=1S/C8H14N2O2/c1-7(11)10-5-3-4-9(2)6-8(10)12/h3-6H2,1-2H3. The van der Waals surface area contributed by atoms with Crippen molar-refractivity contribution in [1.82, 2.24) is 9.80 Å². The molecule has 1 aliphatic rings. The third-order valence-electron chi connectivity index (χ3n) is 2.01. The van der Waals surface area contributed by atoms with E-state index in [2.05, 4.69) is 0 Å². The fourth-order valence-electron chi connectivity index (χ4n) is 1.35. The molecular weight excluding hydrogens is 156 g/mol. The molecule has 0 aromatic rings. The number of hydrogen-bond donors (Lipinski definition) is 0. The SMILES string of the molecule is CC(=O)N1CCCN(C)CC1=O. The van der Waals surface area contributed by atoms with Crippen molar-refractivity contribution in [2.75, 3.05) is 26.7 Å². The summed E-state index contributed by atoms with van der Waals surface area (Å²) in [6, 6.07) is 0. The predicted octanol–water partition coefficient (Wildman–Crippen LogP) is -0.303. The molecule has 68 valence electrons. The molecule has 0 spiro atoms. The Hall–Kier alpha value is -0.900. The van der Waals surface area contributed by atoms with E-state index in [0.29, 0.717) is 13.1 Å². The topological polar surface area (TPSA) is 40.6 Å². The van der Waals surface area contributed by atoms with Crippen molar-refractivity contribution in [3.63, 3.8) is 0 Å². The summed E-state index contributed by atoms with van der Waals surface area (Å²) in [4.78, 5) is 25.5. The van der Waals surface area contributed by atoms with E-state index >= 15 is 0 Å². The fraction of sp³-hybridized carbons (Fsp3) is 0.750. The maximum Gasteiger partial charge on any atom is 0.243 e. The number of carbonyl (C=O) groups excluding carboxylic acids is 2. The van der Waals surface area contributed by atoms with Crippen LogP contribution in [-0.2, 0) is 9.59 Å². The summed E-state index contributed by atoms with van der Waals surface area (Å²) in [7, 11) is 1.89. The lowest BCUT2D eigenvalue weighted by molar-refractivity contribution is -0.142. The highest BCUT2D eigenvalue weighted by molar-refractivity contribution is 5.95. The zero-order valence-electron chi connectivity index (χ0n) is 7.54. The number of hydrogen-bond acceptors (Lipinski definition) is 3. The molecule has 1 aliphatic heterocycles. The maximum atomic E-state index is 11.3. The Morgan fingerprint density at radius 1 is 1.42 bits per heavy atom. The van der Waals surface area contributed by atoms with Crippen LogP contribution in [0, 0.1) is 0 Å². The minimum Gasteiger partial charge on any atom is -0.298 e. The first-order chi connectivity index (χ1) is 5.61. The summed E-state index contributed by atoms with van der Waals surface area (Å²) in [5.74, 6) is -0.224. The van der Waals surface area contributed by atoms with Crippen LogP contribution in [0.4, 0.5) is 0 Å². The van der Waals surface area contributed by atoms with Crippen molar-refractivity contribution in [2.24, 2.45) is 0 Å². The number of imide groups is 1. The third-order valence-corrected chi connectivity index (χ3v) is 2.01. The van der Waals surface area contributed by atoms with Gasteiger partial charge in [-0.05, 0) is 13.5 Å². The molecule has 0 N–H and O–H groups in total. The molecule has 0 radical (unpaired) electrons. The molecule has 0 aliphatic carbocycles. The first-order valence-corrected chi connectivity index (χ1v) is 4.10. The summed E-state index contributed by atoms with van der Waals surface area (Å²) >= 11 is 0. The molecule has 1 saturated heterocycles. The van der Waals surface area contributed by atoms with Crippen LogP contribution in [0.2, 0.25) is 0 Å². The van der Waals surface area contributed by atoms with Gasteiger partial charge in [-0.3, -0.25) is 19.4 Å². The van der Waals surface area contributed by atoms with Crippen LogP contribution >= 0.6 is 0 Å². The Morgan fingerprint density at radius 2 is 2.08 bits per heavy atom. The average molecular weight is 170 g/mol. The Kier molecular flexibility index (Phi) is 2.81. The van der Waals surface area contributed by atoms with E-state index in [9.17, 15) is 9.59 Å². The summed E-state index contributed by atoms with van der Waals surface area (Å²) in [5.41, 5.74) is 0. The van der Waals surface area contributed by atoms with Gasteiger partial charge < -0.3 is 0 Å². The molecule has 0 saturated carbocycles. The number of carbonyl (C=O) groups is 2. The Balaban J connectivity index is 2.64. The maximum absolute atomic E-state index is 11.3. The molecule has 1 fully saturated rings. The Labute approximate surface area is 72.1 Å². The summed E-state index contributed by atoms with van der Waals surface area (Å²) in [6.07, 6.45) is 0.877. The molecule has 4 heteroatoms. The highest BCUT2D eigenvalue weighted by Gasteiger charge is 2.21. The smallest absolute Gasteiger partial charge is 0.243 e. The second-order valence-electron chi connectivity index (χ2n) is 3.16. The van der Waals surface area contributed by atoms with Gasteiger partial charge in [-0.2, -0.15) is 0 Å². The van der Waals surface area contributed by atoms with Gasteiger partial charge in [0.15, 0.2) is 0 Å². The van der Waals surface area contributed by atoms with Crippen molar-refractivity contribution in [1.29, 1.82) is 0 Å². The van der Waals surface area contributed by atoms with E-state index in [1.807, 2.05) is 11.9 Å². The van der Waals surface area contributed by atoms with Gasteiger partial charge in [0.2, 0.25) is 11.8 Å². The highest BCUT2D eigenvalue weighted by atomic mass is 16.2. The summed E-state index contributed by atoms with van der Waals surface area (Å²) in [5, 5.41) is 0. The van der Waals surface area contributed by atoms with Crippen molar-refractivity contribution in [2.45, 2.75) is 13.3 Å². The number of amides is 2. The summed E-state index contributed by atoms with van der Waals surface area (Å²) in [6.45, 7) is 3.25. The minimum atomic E-state index is -0.143. The van der Waals surface area contributed by atoms with Gasteiger partial charge in [0.05, 0.1) is 6.54 Å². The first-order valence-electron chi connectivity index (χ1n) is 4.10. The van der Waals surface area contributed by atoms with Crippen LogP contribution in [0.25, 0.3) is 0 Å². The molecule has 0 aromatic carbocycles. The largest absolute Gasteiger partial charge is 0.298 e. The van der Waals surface area contributed by atoms with Crippen LogP contribution in [0.3, 0.4) is 0 Å². The van der Waals surface area contributed by atoms with Crippen LogP contribution in [0.5, 0.6) is 0 Å². The molecular formula is C8H14N2O2. The fourth-order valence-corrected chi connectivity index (χ4v) is 1.35. The monoisotopic (exact) mass is 170 g/mol. The highest BCUT2D eigenvalue weighted by Crippen LogP contribution is 2.02. The van der Waals surface area contributed by atoms with Gasteiger partial charge in [0, 0.05) is 20.0 Å². The number of likely N-dealkylation sites (N-methyl/N-ethyl adjacent to an activating group) is 1. The van der Waals surface area contributed by atoms with Crippen LogP contribution < -0.4 is 0 Å². The second kappa shape index (κ2) is 3.67. The molecule has 12 heavy (non-hydrogen) atoms. The van der Waals surface area contributed by atoms with Crippen molar-refractivity contribution >= 4 is 11.8 Å². The zero-order valence-corrected chi connectivity index (χ0v) is 7.54. The minimum absolute atomic E-state index is 0.0810. The Morgan fingerprint density at radius 3 is 2.67 bits per heavy atom. The molecule has 1 heterocycles. The van der Waals surface area contributed by atoms with Gasteiger partial charge in [-0.25, -0.2) is 0 Å². The second-order valence-corrected chi connectivity index (χ2v) is 3.16. The van der Waals surface area contributed by atoms with Gasteiger partial charge in [-0.15, -0.1) is 0 Å². The molecule has 4 nitrogen and oxygen atoms in total.